The molecule has 88 heavy (non-hydrogen) atoms. The number of halogens is 4. The van der Waals surface area contributed by atoms with E-state index in [0.717, 1.165) is 33.3 Å². The van der Waals surface area contributed by atoms with Crippen molar-refractivity contribution < 1.29 is 47.5 Å². The van der Waals surface area contributed by atoms with Crippen LogP contribution in [-0.2, 0) is 18.9 Å². The number of ether oxygens (including phenoxy) is 8. The van der Waals surface area contributed by atoms with Gasteiger partial charge >= 0.3 is 0 Å². The fourth-order valence-electron chi connectivity index (χ4n) is 11.1. The van der Waals surface area contributed by atoms with Crippen LogP contribution in [0.1, 0.15) is 54.6 Å². The largest absolute Gasteiger partial charge is 0.491 e. The molecule has 6 aromatic carbocycles. The fourth-order valence-corrected chi connectivity index (χ4v) is 12.3. The Kier molecular flexibility index (Phi) is 17.6. The summed E-state index contributed by atoms with van der Waals surface area (Å²) in [7, 11) is 0. The molecule has 0 saturated heterocycles. The number of rotatable bonds is 2. The number of H-pyrrole nitrogens is 2. The molecule has 16 rings (SSSR count). The van der Waals surface area contributed by atoms with E-state index >= 15 is 0 Å². The molecule has 18 heteroatoms. The Hall–Kier alpha value is -8.54. The summed E-state index contributed by atoms with van der Waals surface area (Å²) in [6.45, 7) is 3.33. The highest BCUT2D eigenvalue weighted by molar-refractivity contribution is 6.40. The average Bonchev–Trinajstić information content (AvgIpc) is 3.56. The molecule has 0 saturated carbocycles. The molecule has 0 unspecified atom stereocenters. The van der Waals surface area contributed by atoms with Gasteiger partial charge in [-0.2, -0.15) is 0 Å². The Bertz CT molecular complexity index is 4120. The first-order chi connectivity index (χ1) is 43.1. The lowest BCUT2D eigenvalue weighted by molar-refractivity contribution is 0.0273. The maximum Gasteiger partial charge on any atom is 0.194 e. The zero-order chi connectivity index (χ0) is 60.1. The molecule has 20 bridgehead atoms. The second-order valence-electron chi connectivity index (χ2n) is 20.7. The average molecular weight is 1250 g/mol. The van der Waals surface area contributed by atoms with Gasteiger partial charge in [0.1, 0.15) is 49.4 Å². The summed E-state index contributed by atoms with van der Waals surface area (Å²) in [5.41, 5.74) is 12.3. The summed E-state index contributed by atoms with van der Waals surface area (Å²) in [6, 6.07) is 44.4. The Morgan fingerprint density at radius 2 is 0.614 bits per heavy atom. The molecule has 6 aliphatic heterocycles. The van der Waals surface area contributed by atoms with Gasteiger partial charge in [-0.1, -0.05) is 82.8 Å². The number of benzene rings is 6. The Morgan fingerprint density at radius 1 is 0.307 bits per heavy atom. The molecule has 9 heterocycles. The van der Waals surface area contributed by atoms with Crippen LogP contribution in [0.4, 0.5) is 0 Å². The van der Waals surface area contributed by atoms with E-state index in [4.69, 9.17) is 94.3 Å². The minimum atomic E-state index is -0.270. The fraction of sp³-hybridized carbons (Fsp3) is 0.171. The normalized spacial score (nSPS) is 15.1. The highest BCUT2D eigenvalue weighted by Crippen LogP contribution is 2.45. The van der Waals surface area contributed by atoms with Crippen LogP contribution >= 0.6 is 46.4 Å². The van der Waals surface area contributed by atoms with Gasteiger partial charge in [-0.15, -0.1) is 0 Å². The van der Waals surface area contributed by atoms with Crippen LogP contribution in [0.25, 0.3) is 90.9 Å². The van der Waals surface area contributed by atoms with Crippen LogP contribution in [0.15, 0.2) is 146 Å². The predicted octanol–water partition coefficient (Wildman–Crippen LogP) is 16.0. The highest BCUT2D eigenvalue weighted by atomic mass is 35.5. The number of nitrogens with zero attached hydrogens (tertiary/aromatic N) is 2. The summed E-state index contributed by atoms with van der Waals surface area (Å²) >= 11 is 28.5. The van der Waals surface area contributed by atoms with Gasteiger partial charge in [0.25, 0.3) is 0 Å². The predicted molar refractivity (Wildman–Crippen MR) is 346 cm³/mol. The molecule has 0 radical (unpaired) electrons. The lowest BCUT2D eigenvalue weighted by atomic mass is 9.84. The zero-order valence-corrected chi connectivity index (χ0v) is 50.2. The van der Waals surface area contributed by atoms with E-state index in [-0.39, 0.29) is 62.3 Å². The van der Waals surface area contributed by atoms with Crippen molar-refractivity contribution >= 4 is 104 Å². The van der Waals surface area contributed by atoms with Crippen molar-refractivity contribution in [3.63, 3.8) is 0 Å². The van der Waals surface area contributed by atoms with Crippen LogP contribution in [0, 0.1) is 0 Å². The first kappa shape index (κ1) is 58.5. The van der Waals surface area contributed by atoms with Gasteiger partial charge in [0.05, 0.1) is 95.7 Å². The minimum Gasteiger partial charge on any atom is -0.491 e. The summed E-state index contributed by atoms with van der Waals surface area (Å²) in [5.74, 6) is 1.58. The monoisotopic (exact) mass is 1250 g/mol. The third-order valence-corrected chi connectivity index (χ3v) is 16.4. The maximum atomic E-state index is 13.7. The Balaban J connectivity index is 0.875. The van der Waals surface area contributed by atoms with Crippen molar-refractivity contribution in [3.05, 3.63) is 211 Å². The maximum absolute atomic E-state index is 13.7. The minimum absolute atomic E-state index is 0.215. The number of hydrogen-bond acceptors (Lipinski definition) is 12. The number of carbonyl (C=O) groups is 2. The van der Waals surface area contributed by atoms with Crippen LogP contribution in [0.3, 0.4) is 0 Å². The third kappa shape index (κ3) is 12.4. The van der Waals surface area contributed by atoms with E-state index in [0.29, 0.717) is 150 Å². The molecule has 1 aliphatic carbocycles. The van der Waals surface area contributed by atoms with E-state index in [1.807, 2.05) is 133 Å². The molecule has 442 valence electrons. The summed E-state index contributed by atoms with van der Waals surface area (Å²) < 4.78 is 48.0. The van der Waals surface area contributed by atoms with Crippen molar-refractivity contribution in [2.45, 2.75) is 0 Å². The summed E-state index contributed by atoms with van der Waals surface area (Å²) in [6.07, 6.45) is 7.91. The van der Waals surface area contributed by atoms with Gasteiger partial charge in [-0.05, 0) is 145 Å². The Morgan fingerprint density at radius 3 is 0.977 bits per heavy atom. The number of ketones is 2. The molecule has 14 nitrogen and oxygen atoms in total. The first-order valence-electron chi connectivity index (χ1n) is 28.6. The number of nitrogens with one attached hydrogen (secondary N) is 2. The van der Waals surface area contributed by atoms with Crippen LogP contribution in [0.5, 0.6) is 23.0 Å². The number of aromatic amines is 2. The van der Waals surface area contributed by atoms with Crippen LogP contribution in [0.2, 0.25) is 20.1 Å². The molecular formula is C70H54Cl4N4O10. The number of aromatic nitrogens is 4. The van der Waals surface area contributed by atoms with Crippen molar-refractivity contribution in [1.82, 2.24) is 19.9 Å². The Labute approximate surface area is 526 Å². The molecule has 0 spiro atoms. The summed E-state index contributed by atoms with van der Waals surface area (Å²) in [5, 5.41) is 1.79. The lowest BCUT2D eigenvalue weighted by Crippen LogP contribution is -2.21. The van der Waals surface area contributed by atoms with Crippen molar-refractivity contribution in [3.8, 4) is 67.5 Å². The van der Waals surface area contributed by atoms with Gasteiger partial charge in [-0.3, -0.25) is 9.59 Å². The first-order valence-corrected chi connectivity index (χ1v) is 30.1. The third-order valence-electron chi connectivity index (χ3n) is 15.1. The van der Waals surface area contributed by atoms with Gasteiger partial charge in [0.2, 0.25) is 0 Å². The SMILES string of the molecule is O=C1c2ccc3cc2C(=O)c2ccc(cc21)OCCOCCOCCOc1cccc(c1)-c1c2nc(c(-c4c(Cl)cccc4Cl)c4ccc([nH]4)c(c4nc(c(-c5c(Cl)cccc5Cl)c5ccc1[nH]5)C=C4)-c1cccc(c1)OCCOCCOCCO3)C=C2. The standard InChI is InChI=1S/C70H54Cl4N4O10/c71-51-9-3-10-52(72)65(51)67-59-21-17-55(75-59)63-41-5-1-7-43(37-41)85-33-29-81-25-27-83-31-35-87-45-13-15-47-49(39-45)69(79)48-16-14-46(40-50(48)70(47)80)88-36-32-84-28-26-82-30-34-86-44-8-2-6-42(38-44)64(57-19-23-61(67)77-57)58-20-24-62(78-58)68(60-22-18-56(63)76-60)66-53(73)11-4-12-54(66)74/h1-24,37-40,75,78H,25-36H2. The molecule has 2 N–H and O–H groups in total. The van der Waals surface area contributed by atoms with Crippen molar-refractivity contribution in [1.29, 1.82) is 0 Å². The molecule has 0 fully saturated rings. The number of hydrogen-bond donors (Lipinski definition) is 2. The van der Waals surface area contributed by atoms with Crippen LogP contribution < -0.4 is 18.9 Å². The van der Waals surface area contributed by atoms with E-state index in [2.05, 4.69) is 9.97 Å². The van der Waals surface area contributed by atoms with Gasteiger partial charge in [0.15, 0.2) is 11.6 Å². The number of carbonyl (C=O) groups excluding carboxylic acids is 2. The topological polar surface area (TPSA) is 165 Å². The quantitative estimate of drug-likeness (QED) is 0.169. The lowest BCUT2D eigenvalue weighted by Gasteiger charge is -2.19. The van der Waals surface area contributed by atoms with Crippen LogP contribution in [-0.4, -0.2) is 111 Å². The molecule has 7 aliphatic rings. The molecule has 0 amide bonds. The van der Waals surface area contributed by atoms with E-state index < -0.39 is 0 Å². The molecule has 0 atom stereocenters. The van der Waals surface area contributed by atoms with E-state index in [1.165, 1.54) is 0 Å². The van der Waals surface area contributed by atoms with Gasteiger partial charge in [-0.25, -0.2) is 9.97 Å². The van der Waals surface area contributed by atoms with E-state index in [9.17, 15) is 9.59 Å². The van der Waals surface area contributed by atoms with Gasteiger partial charge in [0, 0.05) is 77.7 Å². The molecule has 3 aromatic heterocycles. The molecular weight excluding hydrogens is 1200 g/mol. The van der Waals surface area contributed by atoms with E-state index in [1.54, 1.807) is 36.4 Å². The second-order valence-corrected chi connectivity index (χ2v) is 22.3. The summed E-state index contributed by atoms with van der Waals surface area (Å²) in [4.78, 5) is 45.7. The highest BCUT2D eigenvalue weighted by Gasteiger charge is 2.31. The molecule has 9 aromatic rings. The van der Waals surface area contributed by atoms with Crippen molar-refractivity contribution in [2.75, 3.05) is 79.3 Å². The van der Waals surface area contributed by atoms with Crippen molar-refractivity contribution in [2.24, 2.45) is 0 Å². The smallest absolute Gasteiger partial charge is 0.194 e. The van der Waals surface area contributed by atoms with Gasteiger partial charge < -0.3 is 47.9 Å². The zero-order valence-electron chi connectivity index (χ0n) is 47.1. The second kappa shape index (κ2) is 26.4.